The molecule has 4 nitrogen and oxygen atoms in total. The van der Waals surface area contributed by atoms with Crippen molar-refractivity contribution in [2.75, 3.05) is 18.8 Å². The van der Waals surface area contributed by atoms with Crippen molar-refractivity contribution >= 4 is 17.7 Å². The number of rotatable bonds is 2. The van der Waals surface area contributed by atoms with E-state index < -0.39 is 5.60 Å². The first-order valence-electron chi connectivity index (χ1n) is 7.01. The molecule has 1 atom stereocenters. The zero-order valence-corrected chi connectivity index (χ0v) is 11.9. The molecular weight excluding hydrogens is 252 g/mol. The van der Waals surface area contributed by atoms with Crippen LogP contribution in [0, 0.1) is 0 Å². The summed E-state index contributed by atoms with van der Waals surface area (Å²) in [6.07, 6.45) is 5.61. The van der Waals surface area contributed by atoms with Crippen molar-refractivity contribution in [3.63, 3.8) is 0 Å². The molecular formula is C16H22N2O2. The number of nitrogens with zero attached hydrogens (tertiary/aromatic N) is 1. The molecule has 1 aliphatic rings. The molecule has 1 heterocycles. The fraction of sp³-hybridized carbons (Fsp3) is 0.438. The molecule has 4 heteroatoms. The van der Waals surface area contributed by atoms with Crippen LogP contribution in [0.25, 0.3) is 6.08 Å². The fourth-order valence-electron chi connectivity index (χ4n) is 2.36. The molecule has 0 radical (unpaired) electrons. The summed E-state index contributed by atoms with van der Waals surface area (Å²) in [5, 5.41) is 10.0. The molecule has 1 aliphatic heterocycles. The third-order valence-electron chi connectivity index (χ3n) is 3.73. The van der Waals surface area contributed by atoms with Crippen LogP contribution in [-0.4, -0.2) is 34.6 Å². The third kappa shape index (κ3) is 4.10. The summed E-state index contributed by atoms with van der Waals surface area (Å²) in [5.74, 6) is -0.000440. The van der Waals surface area contributed by atoms with Crippen LogP contribution >= 0.6 is 0 Å². The van der Waals surface area contributed by atoms with Gasteiger partial charge in [-0.25, -0.2) is 0 Å². The molecule has 0 bridgehead atoms. The maximum absolute atomic E-state index is 12.1. The van der Waals surface area contributed by atoms with Crippen molar-refractivity contribution in [3.05, 3.63) is 35.9 Å². The molecule has 0 saturated carbocycles. The van der Waals surface area contributed by atoms with Crippen LogP contribution < -0.4 is 5.73 Å². The number of aliphatic hydroxyl groups is 1. The maximum atomic E-state index is 12.1. The maximum Gasteiger partial charge on any atom is 0.246 e. The molecule has 0 spiro atoms. The van der Waals surface area contributed by atoms with E-state index in [2.05, 4.69) is 0 Å². The number of anilines is 1. The molecule has 1 aromatic carbocycles. The van der Waals surface area contributed by atoms with Crippen molar-refractivity contribution in [3.8, 4) is 0 Å². The van der Waals surface area contributed by atoms with E-state index in [9.17, 15) is 9.90 Å². The lowest BCUT2D eigenvalue weighted by molar-refractivity contribution is -0.126. The Bertz CT molecular complexity index is 492. The van der Waals surface area contributed by atoms with E-state index in [4.69, 9.17) is 5.73 Å². The Kier molecular flexibility index (Phi) is 4.45. The van der Waals surface area contributed by atoms with Crippen LogP contribution in [0.15, 0.2) is 30.3 Å². The molecule has 108 valence electrons. The molecule has 1 unspecified atom stereocenters. The van der Waals surface area contributed by atoms with Gasteiger partial charge in [0, 0.05) is 24.9 Å². The zero-order chi connectivity index (χ0) is 14.6. The topological polar surface area (TPSA) is 66.6 Å². The third-order valence-corrected chi connectivity index (χ3v) is 3.73. The highest BCUT2D eigenvalue weighted by Crippen LogP contribution is 2.21. The summed E-state index contributed by atoms with van der Waals surface area (Å²) in [5.41, 5.74) is 6.64. The van der Waals surface area contributed by atoms with Crippen LogP contribution in [0.5, 0.6) is 0 Å². The van der Waals surface area contributed by atoms with E-state index in [0.29, 0.717) is 25.2 Å². The van der Waals surface area contributed by atoms with Gasteiger partial charge in [-0.2, -0.15) is 0 Å². The van der Waals surface area contributed by atoms with Gasteiger partial charge in [0.2, 0.25) is 5.91 Å². The van der Waals surface area contributed by atoms with Gasteiger partial charge in [-0.1, -0.05) is 12.1 Å². The Morgan fingerprint density at radius 2 is 2.00 bits per heavy atom. The number of nitrogen functional groups attached to an aromatic ring is 1. The van der Waals surface area contributed by atoms with E-state index in [1.807, 2.05) is 31.2 Å². The summed E-state index contributed by atoms with van der Waals surface area (Å²) in [6.45, 7) is 3.16. The second-order valence-corrected chi connectivity index (χ2v) is 5.68. The summed E-state index contributed by atoms with van der Waals surface area (Å²) in [6, 6.07) is 7.39. The predicted octanol–water partition coefficient (Wildman–Crippen LogP) is 2.05. The highest BCUT2D eigenvalue weighted by atomic mass is 16.3. The van der Waals surface area contributed by atoms with Crippen molar-refractivity contribution in [2.24, 2.45) is 0 Å². The first kappa shape index (κ1) is 14.6. The first-order chi connectivity index (χ1) is 9.46. The van der Waals surface area contributed by atoms with Crippen molar-refractivity contribution in [1.29, 1.82) is 0 Å². The molecule has 2 rings (SSSR count). The average Bonchev–Trinajstić information content (AvgIpc) is 2.59. The molecule has 3 N–H and O–H groups in total. The fourth-order valence-corrected chi connectivity index (χ4v) is 2.36. The van der Waals surface area contributed by atoms with Crippen LogP contribution in [-0.2, 0) is 4.79 Å². The lowest BCUT2D eigenvalue weighted by Gasteiger charge is -2.21. The number of nitrogens with two attached hydrogens (primary N) is 1. The second kappa shape index (κ2) is 6.09. The lowest BCUT2D eigenvalue weighted by Crippen LogP contribution is -2.32. The molecule has 1 aromatic rings. The van der Waals surface area contributed by atoms with Gasteiger partial charge >= 0.3 is 0 Å². The highest BCUT2D eigenvalue weighted by Gasteiger charge is 2.26. The Morgan fingerprint density at radius 1 is 1.30 bits per heavy atom. The first-order valence-corrected chi connectivity index (χ1v) is 7.01. The van der Waals surface area contributed by atoms with Gasteiger partial charge in [-0.05, 0) is 50.0 Å². The van der Waals surface area contributed by atoms with Crippen molar-refractivity contribution in [2.45, 2.75) is 31.8 Å². The van der Waals surface area contributed by atoms with Crippen molar-refractivity contribution < 1.29 is 9.90 Å². The van der Waals surface area contributed by atoms with Crippen LogP contribution in [0.2, 0.25) is 0 Å². The molecule has 20 heavy (non-hydrogen) atoms. The number of amides is 1. The van der Waals surface area contributed by atoms with E-state index in [1.165, 1.54) is 0 Å². The lowest BCUT2D eigenvalue weighted by atomic mass is 9.98. The predicted molar refractivity (Wildman–Crippen MR) is 80.9 cm³/mol. The number of hydrogen-bond donors (Lipinski definition) is 2. The number of carbonyl (C=O) groups is 1. The Labute approximate surface area is 119 Å². The number of benzene rings is 1. The van der Waals surface area contributed by atoms with Gasteiger partial charge in [0.15, 0.2) is 0 Å². The SMILES string of the molecule is CC1(O)CCCN(C(=O)/C=C/c2ccc(N)cc2)CC1. The van der Waals surface area contributed by atoms with Gasteiger partial charge in [0.1, 0.15) is 0 Å². The largest absolute Gasteiger partial charge is 0.399 e. The van der Waals surface area contributed by atoms with Crippen molar-refractivity contribution in [1.82, 2.24) is 4.90 Å². The minimum atomic E-state index is -0.643. The standard InChI is InChI=1S/C16H22N2O2/c1-16(20)9-2-11-18(12-10-16)15(19)8-5-13-3-6-14(17)7-4-13/h3-8,20H,2,9-12,17H2,1H3/b8-5+. The van der Waals surface area contributed by atoms with E-state index in [0.717, 1.165) is 18.4 Å². The summed E-state index contributed by atoms with van der Waals surface area (Å²) < 4.78 is 0. The molecule has 1 amide bonds. The van der Waals surface area contributed by atoms with Gasteiger partial charge in [-0.3, -0.25) is 4.79 Å². The Balaban J connectivity index is 1.96. The molecule has 0 aromatic heterocycles. The zero-order valence-electron chi connectivity index (χ0n) is 11.9. The number of likely N-dealkylation sites (tertiary alicyclic amines) is 1. The quantitative estimate of drug-likeness (QED) is 0.640. The van der Waals surface area contributed by atoms with Crippen LogP contribution in [0.1, 0.15) is 31.7 Å². The van der Waals surface area contributed by atoms with E-state index in [-0.39, 0.29) is 5.91 Å². The molecule has 1 fully saturated rings. The van der Waals surface area contributed by atoms with Gasteiger partial charge in [0.25, 0.3) is 0 Å². The second-order valence-electron chi connectivity index (χ2n) is 5.68. The summed E-state index contributed by atoms with van der Waals surface area (Å²) >= 11 is 0. The average molecular weight is 274 g/mol. The number of carbonyl (C=O) groups excluding carboxylic acids is 1. The minimum absolute atomic E-state index is 0.000440. The summed E-state index contributed by atoms with van der Waals surface area (Å²) in [7, 11) is 0. The molecule has 0 aliphatic carbocycles. The summed E-state index contributed by atoms with van der Waals surface area (Å²) in [4.78, 5) is 13.9. The Hall–Kier alpha value is -1.81. The van der Waals surface area contributed by atoms with Gasteiger partial charge in [-0.15, -0.1) is 0 Å². The van der Waals surface area contributed by atoms with Gasteiger partial charge < -0.3 is 15.7 Å². The Morgan fingerprint density at radius 3 is 2.70 bits per heavy atom. The minimum Gasteiger partial charge on any atom is -0.399 e. The van der Waals surface area contributed by atoms with E-state index in [1.54, 1.807) is 17.1 Å². The van der Waals surface area contributed by atoms with Crippen LogP contribution in [0.4, 0.5) is 5.69 Å². The van der Waals surface area contributed by atoms with Crippen LogP contribution in [0.3, 0.4) is 0 Å². The monoisotopic (exact) mass is 274 g/mol. The van der Waals surface area contributed by atoms with E-state index >= 15 is 0 Å². The highest BCUT2D eigenvalue weighted by molar-refractivity contribution is 5.91. The molecule has 1 saturated heterocycles. The van der Waals surface area contributed by atoms with Gasteiger partial charge in [0.05, 0.1) is 5.60 Å². The smallest absolute Gasteiger partial charge is 0.246 e. The number of hydrogen-bond acceptors (Lipinski definition) is 3. The normalized spacial score (nSPS) is 23.8.